The van der Waals surface area contributed by atoms with Gasteiger partial charge in [-0.25, -0.2) is 0 Å². The van der Waals surface area contributed by atoms with E-state index in [1.54, 1.807) is 0 Å². The molecule has 3 unspecified atom stereocenters. The molecule has 3 aliphatic heterocycles. The number of piperazine rings is 1. The van der Waals surface area contributed by atoms with Crippen LogP contribution in [0.25, 0.3) is 0 Å². The van der Waals surface area contributed by atoms with E-state index in [1.165, 1.54) is 62.7 Å². The lowest BCUT2D eigenvalue weighted by molar-refractivity contribution is 0.0506. The standard InChI is InChI=1S/C14H26N2S2/c1-2-12-8-15-5-3-4-13(15)9-16(12)10-14-11-17-6-7-18-14/h12-14H,2-11H2,1H3. The molecule has 0 aliphatic carbocycles. The molecular formula is C14H26N2S2. The first-order valence-electron chi connectivity index (χ1n) is 7.54. The van der Waals surface area contributed by atoms with E-state index in [2.05, 4.69) is 40.2 Å². The molecule has 4 heteroatoms. The molecule has 0 N–H and O–H groups in total. The molecule has 3 heterocycles. The summed E-state index contributed by atoms with van der Waals surface area (Å²) in [5.41, 5.74) is 0. The Morgan fingerprint density at radius 1 is 1.22 bits per heavy atom. The number of nitrogens with zero attached hydrogens (tertiary/aromatic N) is 2. The normalized spacial score (nSPS) is 38.8. The Morgan fingerprint density at radius 2 is 2.17 bits per heavy atom. The van der Waals surface area contributed by atoms with Crippen LogP contribution in [0.3, 0.4) is 0 Å². The molecule has 0 saturated carbocycles. The van der Waals surface area contributed by atoms with Crippen LogP contribution in [-0.2, 0) is 0 Å². The predicted molar refractivity (Wildman–Crippen MR) is 83.8 cm³/mol. The summed E-state index contributed by atoms with van der Waals surface area (Å²) in [4.78, 5) is 5.59. The Labute approximate surface area is 120 Å². The summed E-state index contributed by atoms with van der Waals surface area (Å²) < 4.78 is 0. The third-order valence-electron chi connectivity index (χ3n) is 4.70. The van der Waals surface area contributed by atoms with Gasteiger partial charge in [0.15, 0.2) is 0 Å². The van der Waals surface area contributed by atoms with E-state index in [1.807, 2.05) is 0 Å². The molecule has 0 spiro atoms. The summed E-state index contributed by atoms with van der Waals surface area (Å²) in [5, 5.41) is 0.894. The van der Waals surface area contributed by atoms with Gasteiger partial charge in [-0.15, -0.1) is 0 Å². The second-order valence-corrected chi connectivity index (χ2v) is 8.43. The third-order valence-corrected chi connectivity index (χ3v) is 7.53. The van der Waals surface area contributed by atoms with Crippen molar-refractivity contribution in [2.75, 3.05) is 43.4 Å². The number of rotatable bonds is 3. The summed E-state index contributed by atoms with van der Waals surface area (Å²) in [5.74, 6) is 4.12. The average molecular weight is 287 g/mol. The first-order chi connectivity index (χ1) is 8.86. The van der Waals surface area contributed by atoms with Crippen molar-refractivity contribution in [3.63, 3.8) is 0 Å². The second-order valence-electron chi connectivity index (χ2n) is 5.87. The summed E-state index contributed by atoms with van der Waals surface area (Å²) in [6.45, 7) is 7.77. The van der Waals surface area contributed by atoms with Crippen molar-refractivity contribution in [3.05, 3.63) is 0 Å². The molecule has 3 aliphatic rings. The lowest BCUT2D eigenvalue weighted by Gasteiger charge is -2.45. The molecule has 0 amide bonds. The van der Waals surface area contributed by atoms with Gasteiger partial charge in [0, 0.05) is 54.2 Å². The van der Waals surface area contributed by atoms with Gasteiger partial charge >= 0.3 is 0 Å². The molecule has 0 aromatic heterocycles. The molecule has 0 bridgehead atoms. The maximum atomic E-state index is 2.83. The van der Waals surface area contributed by atoms with Crippen LogP contribution < -0.4 is 0 Å². The molecule has 0 aromatic rings. The first-order valence-corrected chi connectivity index (χ1v) is 9.74. The average Bonchev–Trinajstić information content (AvgIpc) is 2.86. The minimum Gasteiger partial charge on any atom is -0.298 e. The minimum atomic E-state index is 0.826. The zero-order valence-corrected chi connectivity index (χ0v) is 13.1. The number of hydrogen-bond acceptors (Lipinski definition) is 4. The van der Waals surface area contributed by atoms with Gasteiger partial charge in [-0.3, -0.25) is 9.80 Å². The molecule has 18 heavy (non-hydrogen) atoms. The highest BCUT2D eigenvalue weighted by molar-refractivity contribution is 8.06. The highest BCUT2D eigenvalue weighted by atomic mass is 32.2. The summed E-state index contributed by atoms with van der Waals surface area (Å²) >= 11 is 4.38. The van der Waals surface area contributed by atoms with E-state index >= 15 is 0 Å². The van der Waals surface area contributed by atoms with Crippen molar-refractivity contribution in [2.24, 2.45) is 0 Å². The Morgan fingerprint density at radius 3 is 2.94 bits per heavy atom. The highest BCUT2D eigenvalue weighted by Crippen LogP contribution is 2.29. The van der Waals surface area contributed by atoms with Gasteiger partial charge in [-0.2, -0.15) is 23.5 Å². The molecule has 3 saturated heterocycles. The van der Waals surface area contributed by atoms with Gasteiger partial charge in [0.1, 0.15) is 0 Å². The van der Waals surface area contributed by atoms with Gasteiger partial charge in [-0.1, -0.05) is 6.92 Å². The smallest absolute Gasteiger partial charge is 0.0265 e. The fraction of sp³-hybridized carbons (Fsp3) is 1.00. The van der Waals surface area contributed by atoms with Gasteiger partial charge < -0.3 is 0 Å². The maximum absolute atomic E-state index is 2.83. The quantitative estimate of drug-likeness (QED) is 0.785. The van der Waals surface area contributed by atoms with Crippen LogP contribution >= 0.6 is 23.5 Å². The summed E-state index contributed by atoms with van der Waals surface area (Å²) in [6.07, 6.45) is 4.20. The fourth-order valence-electron chi connectivity index (χ4n) is 3.66. The SMILES string of the molecule is CCC1CN2CCCC2CN1CC1CSCCS1. The molecule has 0 aromatic carbocycles. The lowest BCUT2D eigenvalue weighted by Crippen LogP contribution is -2.57. The zero-order valence-electron chi connectivity index (χ0n) is 11.5. The van der Waals surface area contributed by atoms with Gasteiger partial charge in [0.05, 0.1) is 0 Å². The second kappa shape index (κ2) is 6.38. The van der Waals surface area contributed by atoms with E-state index in [-0.39, 0.29) is 0 Å². The molecule has 3 fully saturated rings. The van der Waals surface area contributed by atoms with Crippen LogP contribution in [0.15, 0.2) is 0 Å². The zero-order chi connectivity index (χ0) is 12.4. The van der Waals surface area contributed by atoms with Crippen molar-refractivity contribution >= 4 is 23.5 Å². The van der Waals surface area contributed by atoms with Gasteiger partial charge in [-0.05, 0) is 25.8 Å². The molecule has 3 rings (SSSR count). The van der Waals surface area contributed by atoms with Crippen LogP contribution in [0.1, 0.15) is 26.2 Å². The number of hydrogen-bond donors (Lipinski definition) is 0. The van der Waals surface area contributed by atoms with Crippen LogP contribution in [0.2, 0.25) is 0 Å². The van der Waals surface area contributed by atoms with Crippen molar-refractivity contribution < 1.29 is 0 Å². The Hall–Kier alpha value is 0.620. The molecule has 3 atom stereocenters. The Kier molecular flexibility index (Phi) is 4.82. The van der Waals surface area contributed by atoms with E-state index in [0.717, 1.165) is 17.3 Å². The van der Waals surface area contributed by atoms with Crippen LogP contribution in [-0.4, -0.2) is 70.6 Å². The van der Waals surface area contributed by atoms with Gasteiger partial charge in [0.25, 0.3) is 0 Å². The van der Waals surface area contributed by atoms with E-state index in [0.29, 0.717) is 0 Å². The lowest BCUT2D eigenvalue weighted by atomic mass is 10.0. The van der Waals surface area contributed by atoms with Crippen LogP contribution in [0.5, 0.6) is 0 Å². The molecule has 2 nitrogen and oxygen atoms in total. The third kappa shape index (κ3) is 3.02. The van der Waals surface area contributed by atoms with Gasteiger partial charge in [0.2, 0.25) is 0 Å². The minimum absolute atomic E-state index is 0.826. The largest absolute Gasteiger partial charge is 0.298 e. The molecular weight excluding hydrogens is 260 g/mol. The van der Waals surface area contributed by atoms with E-state index in [9.17, 15) is 0 Å². The number of thioether (sulfide) groups is 2. The maximum Gasteiger partial charge on any atom is 0.0265 e. The predicted octanol–water partition coefficient (Wildman–Crippen LogP) is 2.39. The molecule has 0 radical (unpaired) electrons. The van der Waals surface area contributed by atoms with Crippen molar-refractivity contribution in [1.82, 2.24) is 9.80 Å². The fourth-order valence-corrected chi connectivity index (χ4v) is 6.36. The molecule has 104 valence electrons. The van der Waals surface area contributed by atoms with Crippen LogP contribution in [0, 0.1) is 0 Å². The number of fused-ring (bicyclic) bond motifs is 1. The first kappa shape index (κ1) is 13.6. The summed E-state index contributed by atoms with van der Waals surface area (Å²) in [6, 6.07) is 1.71. The van der Waals surface area contributed by atoms with E-state index < -0.39 is 0 Å². The monoisotopic (exact) mass is 286 g/mol. The van der Waals surface area contributed by atoms with Crippen LogP contribution in [0.4, 0.5) is 0 Å². The topological polar surface area (TPSA) is 6.48 Å². The Balaban J connectivity index is 1.58. The highest BCUT2D eigenvalue weighted by Gasteiger charge is 2.36. The van der Waals surface area contributed by atoms with Crippen molar-refractivity contribution in [2.45, 2.75) is 43.5 Å². The Bertz CT molecular complexity index is 269. The van der Waals surface area contributed by atoms with E-state index in [4.69, 9.17) is 0 Å². The van der Waals surface area contributed by atoms with Crippen molar-refractivity contribution in [3.8, 4) is 0 Å². The van der Waals surface area contributed by atoms with Crippen molar-refractivity contribution in [1.29, 1.82) is 0 Å². The summed E-state index contributed by atoms with van der Waals surface area (Å²) in [7, 11) is 0.